The van der Waals surface area contributed by atoms with Crippen molar-refractivity contribution in [3.63, 3.8) is 0 Å². The maximum Gasteiger partial charge on any atom is 0.407 e. The molecule has 0 atom stereocenters. The topological polar surface area (TPSA) is 82.1 Å². The van der Waals surface area contributed by atoms with Gasteiger partial charge in [0, 0.05) is 39.3 Å². The standard InChI is InChI=1S/C19H29N3O4/c1-19(2,3)26-17(23)20-9-8-15-4-6-16(7-5-15)14-21-10-12-22(13-11-21)18(24)25/h4-7H,8-14H2,1-3H3,(H,20,23)(H,24,25). The van der Waals surface area contributed by atoms with Crippen LogP contribution in [-0.2, 0) is 17.7 Å². The lowest BCUT2D eigenvalue weighted by molar-refractivity contribution is 0.0528. The van der Waals surface area contributed by atoms with Gasteiger partial charge in [0.2, 0.25) is 0 Å². The smallest absolute Gasteiger partial charge is 0.407 e. The van der Waals surface area contributed by atoms with Gasteiger partial charge < -0.3 is 20.1 Å². The van der Waals surface area contributed by atoms with Crippen molar-refractivity contribution in [2.45, 2.75) is 39.3 Å². The summed E-state index contributed by atoms with van der Waals surface area (Å²) in [5.74, 6) is 0. The molecule has 0 aliphatic carbocycles. The molecule has 7 nitrogen and oxygen atoms in total. The van der Waals surface area contributed by atoms with Crippen molar-refractivity contribution in [3.8, 4) is 0 Å². The zero-order valence-electron chi connectivity index (χ0n) is 15.8. The highest BCUT2D eigenvalue weighted by atomic mass is 16.6. The first-order valence-electron chi connectivity index (χ1n) is 8.98. The predicted molar refractivity (Wildman–Crippen MR) is 99.3 cm³/mol. The number of hydrogen-bond donors (Lipinski definition) is 2. The number of nitrogens with zero attached hydrogens (tertiary/aromatic N) is 2. The van der Waals surface area contributed by atoms with E-state index in [1.807, 2.05) is 20.8 Å². The summed E-state index contributed by atoms with van der Waals surface area (Å²) >= 11 is 0. The maximum absolute atomic E-state index is 11.6. The van der Waals surface area contributed by atoms with E-state index in [4.69, 9.17) is 9.84 Å². The van der Waals surface area contributed by atoms with Crippen LogP contribution in [-0.4, -0.2) is 65.4 Å². The third-order valence-corrected chi connectivity index (χ3v) is 4.15. The molecule has 0 saturated carbocycles. The molecule has 1 aliphatic heterocycles. The van der Waals surface area contributed by atoms with Crippen LogP contribution >= 0.6 is 0 Å². The summed E-state index contributed by atoms with van der Waals surface area (Å²) in [6.07, 6.45) is -0.486. The van der Waals surface area contributed by atoms with Gasteiger partial charge in [0.05, 0.1) is 0 Å². The Morgan fingerprint density at radius 2 is 1.65 bits per heavy atom. The van der Waals surface area contributed by atoms with Crippen LogP contribution in [0, 0.1) is 0 Å². The maximum atomic E-state index is 11.6. The van der Waals surface area contributed by atoms with E-state index in [9.17, 15) is 9.59 Å². The van der Waals surface area contributed by atoms with Gasteiger partial charge in [-0.2, -0.15) is 0 Å². The molecule has 0 bridgehead atoms. The fraction of sp³-hybridized carbons (Fsp3) is 0.579. The summed E-state index contributed by atoms with van der Waals surface area (Å²) < 4.78 is 5.21. The Bertz CT molecular complexity index is 602. The van der Waals surface area contributed by atoms with Gasteiger partial charge in [-0.05, 0) is 38.3 Å². The van der Waals surface area contributed by atoms with Crippen molar-refractivity contribution in [3.05, 3.63) is 35.4 Å². The number of piperazine rings is 1. The van der Waals surface area contributed by atoms with Gasteiger partial charge in [-0.1, -0.05) is 24.3 Å². The minimum atomic E-state index is -0.839. The van der Waals surface area contributed by atoms with Gasteiger partial charge in [0.1, 0.15) is 5.60 Å². The fourth-order valence-corrected chi connectivity index (χ4v) is 2.79. The third-order valence-electron chi connectivity index (χ3n) is 4.15. The van der Waals surface area contributed by atoms with Gasteiger partial charge >= 0.3 is 12.2 Å². The quantitative estimate of drug-likeness (QED) is 0.840. The fourth-order valence-electron chi connectivity index (χ4n) is 2.79. The number of nitrogens with one attached hydrogen (secondary N) is 1. The minimum absolute atomic E-state index is 0.394. The molecule has 26 heavy (non-hydrogen) atoms. The second-order valence-corrected chi connectivity index (χ2v) is 7.54. The summed E-state index contributed by atoms with van der Waals surface area (Å²) in [5, 5.41) is 11.7. The molecule has 1 fully saturated rings. The Labute approximate surface area is 154 Å². The van der Waals surface area contributed by atoms with Gasteiger partial charge in [-0.3, -0.25) is 4.90 Å². The first-order valence-corrected chi connectivity index (χ1v) is 8.98. The van der Waals surface area contributed by atoms with Gasteiger partial charge in [0.15, 0.2) is 0 Å². The number of hydrogen-bond acceptors (Lipinski definition) is 4. The highest BCUT2D eigenvalue weighted by Gasteiger charge is 2.20. The molecule has 1 aliphatic rings. The normalized spacial score (nSPS) is 15.6. The second-order valence-electron chi connectivity index (χ2n) is 7.54. The summed E-state index contributed by atoms with van der Waals surface area (Å²) in [7, 11) is 0. The van der Waals surface area contributed by atoms with Crippen molar-refractivity contribution in [2.75, 3.05) is 32.7 Å². The van der Waals surface area contributed by atoms with E-state index >= 15 is 0 Å². The van der Waals surface area contributed by atoms with Crippen molar-refractivity contribution in [2.24, 2.45) is 0 Å². The van der Waals surface area contributed by atoms with E-state index in [0.717, 1.165) is 31.6 Å². The Balaban J connectivity index is 1.71. The second kappa shape index (κ2) is 8.89. The molecule has 1 heterocycles. The lowest BCUT2D eigenvalue weighted by Gasteiger charge is -2.33. The summed E-state index contributed by atoms with van der Waals surface area (Å²) in [6.45, 7) is 9.51. The Kier molecular flexibility index (Phi) is 6.85. The van der Waals surface area contributed by atoms with Gasteiger partial charge in [0.25, 0.3) is 0 Å². The highest BCUT2D eigenvalue weighted by molar-refractivity contribution is 5.67. The number of rotatable bonds is 5. The molecule has 1 aromatic carbocycles. The molecule has 144 valence electrons. The number of benzene rings is 1. The van der Waals surface area contributed by atoms with Crippen LogP contribution in [0.3, 0.4) is 0 Å². The molecule has 0 aromatic heterocycles. The van der Waals surface area contributed by atoms with E-state index in [1.54, 1.807) is 0 Å². The van der Waals surface area contributed by atoms with Crippen LogP contribution in [0.2, 0.25) is 0 Å². The van der Waals surface area contributed by atoms with E-state index < -0.39 is 17.8 Å². The lowest BCUT2D eigenvalue weighted by atomic mass is 10.1. The van der Waals surface area contributed by atoms with Crippen LogP contribution in [0.5, 0.6) is 0 Å². The molecular formula is C19H29N3O4. The summed E-state index contributed by atoms with van der Waals surface area (Å²) in [6, 6.07) is 8.32. The Morgan fingerprint density at radius 1 is 1.08 bits per heavy atom. The van der Waals surface area contributed by atoms with Crippen LogP contribution in [0.25, 0.3) is 0 Å². The number of ether oxygens (including phenoxy) is 1. The van der Waals surface area contributed by atoms with E-state index in [0.29, 0.717) is 19.6 Å². The molecule has 2 amide bonds. The number of carboxylic acid groups (broad SMARTS) is 1. The van der Waals surface area contributed by atoms with Gasteiger partial charge in [-0.25, -0.2) is 9.59 Å². The lowest BCUT2D eigenvalue weighted by Crippen LogP contribution is -2.47. The van der Waals surface area contributed by atoms with Crippen LogP contribution in [0.4, 0.5) is 9.59 Å². The summed E-state index contributed by atoms with van der Waals surface area (Å²) in [4.78, 5) is 26.3. The SMILES string of the molecule is CC(C)(C)OC(=O)NCCc1ccc(CN2CCN(C(=O)O)CC2)cc1. The molecule has 2 N–H and O–H groups in total. The first-order chi connectivity index (χ1) is 12.2. The largest absolute Gasteiger partial charge is 0.465 e. The van der Waals surface area contributed by atoms with E-state index in [1.165, 1.54) is 10.5 Å². The third kappa shape index (κ3) is 6.92. The number of amides is 2. The van der Waals surface area contributed by atoms with Crippen molar-refractivity contribution < 1.29 is 19.4 Å². The predicted octanol–water partition coefficient (Wildman–Crippen LogP) is 2.55. The molecule has 0 spiro atoms. The molecular weight excluding hydrogens is 334 g/mol. The first kappa shape index (κ1) is 20.0. The Hall–Kier alpha value is -2.28. The molecule has 2 rings (SSSR count). The molecule has 0 unspecified atom stereocenters. The van der Waals surface area contributed by atoms with E-state index in [2.05, 4.69) is 34.5 Å². The molecule has 1 saturated heterocycles. The van der Waals surface area contributed by atoms with Gasteiger partial charge in [-0.15, -0.1) is 0 Å². The zero-order chi connectivity index (χ0) is 19.2. The van der Waals surface area contributed by atoms with Crippen LogP contribution in [0.1, 0.15) is 31.9 Å². The number of alkyl carbamates (subject to hydrolysis) is 1. The average Bonchev–Trinajstić information content (AvgIpc) is 2.55. The minimum Gasteiger partial charge on any atom is -0.465 e. The molecule has 1 aromatic rings. The van der Waals surface area contributed by atoms with Crippen LogP contribution in [0.15, 0.2) is 24.3 Å². The zero-order valence-corrected chi connectivity index (χ0v) is 15.8. The number of carbonyl (C=O) groups excluding carboxylic acids is 1. The highest BCUT2D eigenvalue weighted by Crippen LogP contribution is 2.11. The number of carbonyl (C=O) groups is 2. The molecule has 0 radical (unpaired) electrons. The van der Waals surface area contributed by atoms with Crippen molar-refractivity contribution in [1.29, 1.82) is 0 Å². The van der Waals surface area contributed by atoms with Crippen LogP contribution < -0.4 is 5.32 Å². The average molecular weight is 363 g/mol. The molecule has 7 heteroatoms. The van der Waals surface area contributed by atoms with Crippen molar-refractivity contribution >= 4 is 12.2 Å². The van der Waals surface area contributed by atoms with Crippen molar-refractivity contribution in [1.82, 2.24) is 15.1 Å². The van der Waals surface area contributed by atoms with E-state index in [-0.39, 0.29) is 0 Å². The summed E-state index contributed by atoms with van der Waals surface area (Å²) in [5.41, 5.74) is 1.87. The Morgan fingerprint density at radius 3 is 2.19 bits per heavy atom. The monoisotopic (exact) mass is 363 g/mol.